The maximum Gasteiger partial charge on any atom is 0.133 e. The molecule has 17 heavy (non-hydrogen) atoms. The number of benzene rings is 1. The first-order chi connectivity index (χ1) is 8.29. The zero-order valence-corrected chi connectivity index (χ0v) is 10.2. The summed E-state index contributed by atoms with van der Waals surface area (Å²) in [4.78, 5) is 11.3. The molecule has 0 atom stereocenters. The van der Waals surface area contributed by atoms with E-state index >= 15 is 0 Å². The van der Waals surface area contributed by atoms with E-state index in [4.69, 9.17) is 4.74 Å². The molecule has 1 aliphatic carbocycles. The van der Waals surface area contributed by atoms with E-state index in [0.29, 0.717) is 12.2 Å². The molecule has 2 nitrogen and oxygen atoms in total. The van der Waals surface area contributed by atoms with Crippen LogP contribution in [0.3, 0.4) is 0 Å². The van der Waals surface area contributed by atoms with Crippen molar-refractivity contribution >= 4 is 11.4 Å². The first-order valence-electron chi connectivity index (χ1n) is 6.15. The van der Waals surface area contributed by atoms with Crippen LogP contribution in [0, 0.1) is 0 Å². The van der Waals surface area contributed by atoms with Crippen LogP contribution in [0.1, 0.15) is 37.7 Å². The Morgan fingerprint density at radius 2 is 1.82 bits per heavy atom. The Bertz CT molecular complexity index is 415. The number of rotatable bonds is 2. The van der Waals surface area contributed by atoms with Crippen LogP contribution in [-0.2, 0) is 4.79 Å². The number of Topliss-reactive ketones (excluding diaryl/α,β-unsaturated/α-hetero) is 1. The first-order valence-corrected chi connectivity index (χ1v) is 6.15. The van der Waals surface area contributed by atoms with Gasteiger partial charge in [0.05, 0.1) is 7.11 Å². The van der Waals surface area contributed by atoms with Crippen LogP contribution in [-0.4, -0.2) is 12.9 Å². The molecule has 0 amide bonds. The number of carbonyl (C=O) groups excluding carboxylic acids is 1. The molecular weight excluding hydrogens is 212 g/mol. The van der Waals surface area contributed by atoms with E-state index in [2.05, 4.69) is 18.2 Å². The molecule has 0 spiro atoms. The highest BCUT2D eigenvalue weighted by atomic mass is 16.5. The van der Waals surface area contributed by atoms with Gasteiger partial charge in [-0.2, -0.15) is 0 Å². The van der Waals surface area contributed by atoms with Gasteiger partial charge in [-0.05, 0) is 42.5 Å². The number of carbonyl (C=O) groups is 1. The summed E-state index contributed by atoms with van der Waals surface area (Å²) in [6.45, 7) is 0. The molecule has 0 fully saturated rings. The van der Waals surface area contributed by atoms with Crippen LogP contribution in [0.4, 0.5) is 0 Å². The van der Waals surface area contributed by atoms with Crippen LogP contribution in [0.5, 0.6) is 5.75 Å². The third-order valence-corrected chi connectivity index (χ3v) is 3.18. The van der Waals surface area contributed by atoms with E-state index < -0.39 is 0 Å². The monoisotopic (exact) mass is 230 g/mol. The van der Waals surface area contributed by atoms with E-state index in [1.807, 2.05) is 12.1 Å². The van der Waals surface area contributed by atoms with Crippen molar-refractivity contribution in [3.63, 3.8) is 0 Å². The van der Waals surface area contributed by atoms with E-state index in [1.165, 1.54) is 11.1 Å². The summed E-state index contributed by atoms with van der Waals surface area (Å²) >= 11 is 0. The molecule has 0 aliphatic heterocycles. The number of ketones is 1. The summed E-state index contributed by atoms with van der Waals surface area (Å²) < 4.78 is 5.15. The van der Waals surface area contributed by atoms with Crippen LogP contribution < -0.4 is 4.74 Å². The highest BCUT2D eigenvalue weighted by Gasteiger charge is 2.08. The van der Waals surface area contributed by atoms with Gasteiger partial charge in [-0.25, -0.2) is 0 Å². The standard InChI is InChI=1S/C15H18O2/c1-17-15-10-8-13(9-11-15)12-4-2-6-14(16)7-3-5-12/h4,8-11H,2-3,5-7H2,1H3/b12-4+. The molecule has 0 saturated heterocycles. The second kappa shape index (κ2) is 5.67. The summed E-state index contributed by atoms with van der Waals surface area (Å²) in [6, 6.07) is 8.16. The van der Waals surface area contributed by atoms with Gasteiger partial charge in [-0.15, -0.1) is 0 Å². The van der Waals surface area contributed by atoms with Crippen molar-refractivity contribution in [1.82, 2.24) is 0 Å². The van der Waals surface area contributed by atoms with Gasteiger partial charge in [0.1, 0.15) is 11.5 Å². The van der Waals surface area contributed by atoms with Gasteiger partial charge in [0.15, 0.2) is 0 Å². The van der Waals surface area contributed by atoms with Crippen molar-refractivity contribution in [3.8, 4) is 5.75 Å². The quantitative estimate of drug-likeness (QED) is 0.775. The molecule has 1 aromatic carbocycles. The Morgan fingerprint density at radius 3 is 2.53 bits per heavy atom. The van der Waals surface area contributed by atoms with E-state index in [-0.39, 0.29) is 0 Å². The van der Waals surface area contributed by atoms with Crippen molar-refractivity contribution in [3.05, 3.63) is 35.9 Å². The summed E-state index contributed by atoms with van der Waals surface area (Å²) in [5, 5.41) is 0. The molecule has 0 aromatic heterocycles. The van der Waals surface area contributed by atoms with Crippen LogP contribution >= 0.6 is 0 Å². The van der Waals surface area contributed by atoms with Gasteiger partial charge in [0.2, 0.25) is 0 Å². The SMILES string of the molecule is COc1ccc(/C2=C/CCC(=O)CCC2)cc1. The minimum absolute atomic E-state index is 0.398. The molecule has 0 heterocycles. The molecule has 90 valence electrons. The van der Waals surface area contributed by atoms with E-state index in [1.54, 1.807) is 7.11 Å². The van der Waals surface area contributed by atoms with Gasteiger partial charge in [-0.3, -0.25) is 4.79 Å². The van der Waals surface area contributed by atoms with Crippen molar-refractivity contribution in [2.45, 2.75) is 32.1 Å². The molecule has 1 aliphatic rings. The third kappa shape index (κ3) is 3.19. The van der Waals surface area contributed by atoms with Crippen molar-refractivity contribution in [1.29, 1.82) is 0 Å². The third-order valence-electron chi connectivity index (χ3n) is 3.18. The number of methoxy groups -OCH3 is 1. The minimum Gasteiger partial charge on any atom is -0.497 e. The maximum absolute atomic E-state index is 11.3. The Kier molecular flexibility index (Phi) is 3.97. The summed E-state index contributed by atoms with van der Waals surface area (Å²) in [5.74, 6) is 1.28. The first kappa shape index (κ1) is 11.9. The van der Waals surface area contributed by atoms with Crippen molar-refractivity contribution < 1.29 is 9.53 Å². The molecule has 1 aromatic rings. The lowest BCUT2D eigenvalue weighted by atomic mass is 9.94. The molecule has 2 rings (SSSR count). The fourth-order valence-corrected chi connectivity index (χ4v) is 2.18. The predicted molar refractivity (Wildman–Crippen MR) is 69.1 cm³/mol. The fraction of sp³-hybridized carbons (Fsp3) is 0.400. The average molecular weight is 230 g/mol. The molecule has 0 N–H and O–H groups in total. The van der Waals surface area contributed by atoms with Gasteiger partial charge in [0.25, 0.3) is 0 Å². The number of ether oxygens (including phenoxy) is 1. The highest BCUT2D eigenvalue weighted by molar-refractivity contribution is 5.80. The zero-order valence-electron chi connectivity index (χ0n) is 10.2. The highest BCUT2D eigenvalue weighted by Crippen LogP contribution is 2.25. The zero-order chi connectivity index (χ0) is 12.1. The average Bonchev–Trinajstić information content (AvgIpc) is 2.34. The minimum atomic E-state index is 0.398. The Hall–Kier alpha value is -1.57. The Labute approximate surface area is 102 Å². The van der Waals surface area contributed by atoms with Crippen molar-refractivity contribution in [2.75, 3.05) is 7.11 Å². The number of allylic oxidation sites excluding steroid dienone is 2. The van der Waals surface area contributed by atoms with Crippen LogP contribution in [0.25, 0.3) is 5.57 Å². The second-order valence-electron chi connectivity index (χ2n) is 4.39. The molecule has 0 radical (unpaired) electrons. The molecule has 0 unspecified atom stereocenters. The van der Waals surface area contributed by atoms with Crippen molar-refractivity contribution in [2.24, 2.45) is 0 Å². The van der Waals surface area contributed by atoms with Gasteiger partial charge in [-0.1, -0.05) is 18.2 Å². The van der Waals surface area contributed by atoms with Gasteiger partial charge in [0, 0.05) is 12.8 Å². The Balaban J connectivity index is 2.14. The topological polar surface area (TPSA) is 26.3 Å². The smallest absolute Gasteiger partial charge is 0.133 e. The summed E-state index contributed by atoms with van der Waals surface area (Å²) in [6.07, 6.45) is 6.47. The normalized spacial score (nSPS) is 20.1. The number of hydrogen-bond donors (Lipinski definition) is 0. The molecular formula is C15H18O2. The molecule has 0 saturated carbocycles. The summed E-state index contributed by atoms with van der Waals surface area (Å²) in [5.41, 5.74) is 2.61. The largest absolute Gasteiger partial charge is 0.497 e. The second-order valence-corrected chi connectivity index (χ2v) is 4.39. The lowest BCUT2D eigenvalue weighted by Gasteiger charge is -2.11. The van der Waals surface area contributed by atoms with E-state index in [9.17, 15) is 4.79 Å². The lowest BCUT2D eigenvalue weighted by Crippen LogP contribution is -2.00. The maximum atomic E-state index is 11.3. The Morgan fingerprint density at radius 1 is 1.06 bits per heavy atom. The van der Waals surface area contributed by atoms with Gasteiger partial charge >= 0.3 is 0 Å². The van der Waals surface area contributed by atoms with Crippen LogP contribution in [0.2, 0.25) is 0 Å². The van der Waals surface area contributed by atoms with Gasteiger partial charge < -0.3 is 4.74 Å². The predicted octanol–water partition coefficient (Wildman–Crippen LogP) is 3.61. The molecule has 0 bridgehead atoms. The van der Waals surface area contributed by atoms with Crippen LogP contribution in [0.15, 0.2) is 30.3 Å². The summed E-state index contributed by atoms with van der Waals surface area (Å²) in [7, 11) is 1.68. The lowest BCUT2D eigenvalue weighted by molar-refractivity contribution is -0.119. The molecule has 2 heteroatoms. The fourth-order valence-electron chi connectivity index (χ4n) is 2.18. The number of hydrogen-bond acceptors (Lipinski definition) is 2. The van der Waals surface area contributed by atoms with E-state index in [0.717, 1.165) is 31.4 Å².